The van der Waals surface area contributed by atoms with Crippen molar-refractivity contribution < 1.29 is 19.1 Å². The number of pyridine rings is 1. The minimum absolute atomic E-state index is 0.000334. The molecule has 1 N–H and O–H groups in total. The second kappa shape index (κ2) is 7.81. The summed E-state index contributed by atoms with van der Waals surface area (Å²) in [4.78, 5) is 34.4. The number of hydrogen-bond acceptors (Lipinski definition) is 5. The third-order valence-electron chi connectivity index (χ3n) is 6.91. The standard InChI is InChI=1S/C24H25N3O4/c28-16-24-7-3-9-27(23(30)20-12-17-4-1-2-5-18(17)13-25-20)21(24)14-26(10-8-24)22(29)19-6-11-31-15-19/h1-2,4-6,11-13,15,21,28H,3,7-10,14,16H2/t21-,24-/m0/s1. The fraction of sp³-hybridized carbons (Fsp3) is 0.375. The Morgan fingerprint density at radius 2 is 1.97 bits per heavy atom. The van der Waals surface area contributed by atoms with Crippen LogP contribution in [0.2, 0.25) is 0 Å². The lowest BCUT2D eigenvalue weighted by Crippen LogP contribution is -2.64. The van der Waals surface area contributed by atoms with Crippen LogP contribution in [0.4, 0.5) is 0 Å². The first-order valence-electron chi connectivity index (χ1n) is 10.7. The summed E-state index contributed by atoms with van der Waals surface area (Å²) in [6.07, 6.45) is 6.98. The molecular formula is C24H25N3O4. The topological polar surface area (TPSA) is 86.9 Å². The molecule has 1 aromatic carbocycles. The molecule has 0 saturated carbocycles. The number of aliphatic hydroxyl groups is 1. The fourth-order valence-electron chi connectivity index (χ4n) is 5.10. The van der Waals surface area contributed by atoms with Gasteiger partial charge in [-0.05, 0) is 36.8 Å². The van der Waals surface area contributed by atoms with E-state index in [0.717, 1.165) is 23.6 Å². The van der Waals surface area contributed by atoms with E-state index in [0.29, 0.717) is 37.3 Å². The predicted octanol–water partition coefficient (Wildman–Crippen LogP) is 2.96. The molecule has 2 atom stereocenters. The average molecular weight is 419 g/mol. The van der Waals surface area contributed by atoms with Gasteiger partial charge in [0.25, 0.3) is 11.8 Å². The van der Waals surface area contributed by atoms with Gasteiger partial charge in [-0.15, -0.1) is 0 Å². The van der Waals surface area contributed by atoms with E-state index < -0.39 is 5.41 Å². The zero-order chi connectivity index (χ0) is 21.4. The summed E-state index contributed by atoms with van der Waals surface area (Å²) in [6, 6.07) is 11.0. The normalized spacial score (nSPS) is 23.6. The van der Waals surface area contributed by atoms with Crippen LogP contribution in [0.1, 0.15) is 40.1 Å². The molecule has 2 aromatic heterocycles. The Balaban J connectivity index is 1.45. The summed E-state index contributed by atoms with van der Waals surface area (Å²) in [7, 11) is 0. The molecule has 31 heavy (non-hydrogen) atoms. The van der Waals surface area contributed by atoms with Crippen LogP contribution in [0.3, 0.4) is 0 Å². The Morgan fingerprint density at radius 3 is 2.74 bits per heavy atom. The summed E-state index contributed by atoms with van der Waals surface area (Å²) < 4.78 is 5.07. The number of fused-ring (bicyclic) bond motifs is 2. The Labute approximate surface area is 180 Å². The molecule has 0 bridgehead atoms. The Kier molecular flexibility index (Phi) is 4.98. The molecule has 4 heterocycles. The van der Waals surface area contributed by atoms with E-state index in [1.54, 1.807) is 17.2 Å². The van der Waals surface area contributed by atoms with Crippen molar-refractivity contribution in [2.24, 2.45) is 5.41 Å². The highest BCUT2D eigenvalue weighted by Gasteiger charge is 2.50. The van der Waals surface area contributed by atoms with Crippen molar-refractivity contribution in [2.45, 2.75) is 25.3 Å². The third kappa shape index (κ3) is 3.39. The molecule has 0 unspecified atom stereocenters. The van der Waals surface area contributed by atoms with Gasteiger partial charge in [0.1, 0.15) is 12.0 Å². The number of hydrogen-bond donors (Lipinski definition) is 1. The lowest BCUT2D eigenvalue weighted by atomic mass is 9.68. The van der Waals surface area contributed by atoms with Crippen LogP contribution >= 0.6 is 0 Å². The minimum atomic E-state index is -0.391. The van der Waals surface area contributed by atoms with E-state index in [9.17, 15) is 14.7 Å². The third-order valence-corrected chi connectivity index (χ3v) is 6.91. The largest absolute Gasteiger partial charge is 0.472 e. The molecule has 0 spiro atoms. The van der Waals surface area contributed by atoms with Crippen LogP contribution in [0.5, 0.6) is 0 Å². The first-order chi connectivity index (χ1) is 15.1. The van der Waals surface area contributed by atoms with Crippen molar-refractivity contribution in [3.8, 4) is 0 Å². The predicted molar refractivity (Wildman–Crippen MR) is 115 cm³/mol. The van der Waals surface area contributed by atoms with Crippen molar-refractivity contribution in [1.82, 2.24) is 14.8 Å². The van der Waals surface area contributed by atoms with Gasteiger partial charge >= 0.3 is 0 Å². The number of carbonyl (C=O) groups excluding carboxylic acids is 2. The number of aliphatic hydroxyl groups excluding tert-OH is 1. The molecule has 2 fully saturated rings. The summed E-state index contributed by atoms with van der Waals surface area (Å²) in [5.74, 6) is -0.256. The van der Waals surface area contributed by atoms with E-state index in [1.807, 2.05) is 35.2 Å². The average Bonchev–Trinajstić information content (AvgIpc) is 3.37. The van der Waals surface area contributed by atoms with Crippen molar-refractivity contribution in [3.63, 3.8) is 0 Å². The SMILES string of the molecule is O=C(c1ccoc1)N1CC[C@]2(CO)CCCN(C(=O)c3cc4ccccc4cn3)[C@H]2C1. The summed E-state index contributed by atoms with van der Waals surface area (Å²) in [6.45, 7) is 1.54. The van der Waals surface area contributed by atoms with Crippen molar-refractivity contribution in [2.75, 3.05) is 26.2 Å². The molecule has 2 amide bonds. The van der Waals surface area contributed by atoms with Crippen molar-refractivity contribution in [3.05, 3.63) is 66.4 Å². The molecule has 5 rings (SSSR count). The lowest BCUT2D eigenvalue weighted by molar-refractivity contribution is -0.0581. The lowest BCUT2D eigenvalue weighted by Gasteiger charge is -2.54. The highest BCUT2D eigenvalue weighted by molar-refractivity contribution is 5.97. The zero-order valence-electron chi connectivity index (χ0n) is 17.2. The highest BCUT2D eigenvalue weighted by Crippen LogP contribution is 2.42. The van der Waals surface area contributed by atoms with Gasteiger partial charge in [0.05, 0.1) is 24.5 Å². The van der Waals surface area contributed by atoms with Crippen LogP contribution in [-0.2, 0) is 0 Å². The summed E-state index contributed by atoms with van der Waals surface area (Å²) in [5.41, 5.74) is 0.505. The van der Waals surface area contributed by atoms with Crippen LogP contribution in [0, 0.1) is 5.41 Å². The fourth-order valence-corrected chi connectivity index (χ4v) is 5.10. The van der Waals surface area contributed by atoms with Gasteiger partial charge in [-0.1, -0.05) is 24.3 Å². The van der Waals surface area contributed by atoms with Gasteiger partial charge in [0.15, 0.2) is 0 Å². The molecule has 0 radical (unpaired) electrons. The van der Waals surface area contributed by atoms with Crippen molar-refractivity contribution >= 4 is 22.6 Å². The Morgan fingerprint density at radius 1 is 1.13 bits per heavy atom. The van der Waals surface area contributed by atoms with Gasteiger partial charge in [0.2, 0.25) is 0 Å². The molecule has 0 aliphatic carbocycles. The van der Waals surface area contributed by atoms with Crippen LogP contribution in [-0.4, -0.2) is 64.0 Å². The van der Waals surface area contributed by atoms with E-state index in [2.05, 4.69) is 4.98 Å². The van der Waals surface area contributed by atoms with Crippen LogP contribution in [0.15, 0.2) is 59.5 Å². The van der Waals surface area contributed by atoms with Gasteiger partial charge < -0.3 is 19.3 Å². The van der Waals surface area contributed by atoms with E-state index in [4.69, 9.17) is 4.42 Å². The maximum absolute atomic E-state index is 13.5. The number of benzene rings is 1. The van der Waals surface area contributed by atoms with Crippen LogP contribution in [0.25, 0.3) is 10.8 Å². The molecule has 160 valence electrons. The van der Waals surface area contributed by atoms with Gasteiger partial charge in [-0.2, -0.15) is 0 Å². The van der Waals surface area contributed by atoms with E-state index in [1.165, 1.54) is 12.5 Å². The molecule has 7 heteroatoms. The molecule has 2 aliphatic rings. The quantitative estimate of drug-likeness (QED) is 0.705. The minimum Gasteiger partial charge on any atom is -0.472 e. The molecule has 7 nitrogen and oxygen atoms in total. The number of likely N-dealkylation sites (tertiary alicyclic amines) is 2. The Hall–Kier alpha value is -3.19. The molecular weight excluding hydrogens is 394 g/mol. The number of piperidine rings is 2. The second-order valence-electron chi connectivity index (χ2n) is 8.57. The number of aromatic nitrogens is 1. The van der Waals surface area contributed by atoms with E-state index in [-0.39, 0.29) is 24.5 Å². The highest BCUT2D eigenvalue weighted by atomic mass is 16.3. The number of amides is 2. The molecule has 3 aromatic rings. The van der Waals surface area contributed by atoms with Crippen LogP contribution < -0.4 is 0 Å². The van der Waals surface area contributed by atoms with E-state index >= 15 is 0 Å². The number of carbonyl (C=O) groups is 2. The number of nitrogens with zero attached hydrogens (tertiary/aromatic N) is 3. The smallest absolute Gasteiger partial charge is 0.272 e. The summed E-state index contributed by atoms with van der Waals surface area (Å²) in [5, 5.41) is 12.3. The first-order valence-corrected chi connectivity index (χ1v) is 10.7. The van der Waals surface area contributed by atoms with Crippen molar-refractivity contribution in [1.29, 1.82) is 0 Å². The number of rotatable bonds is 3. The maximum Gasteiger partial charge on any atom is 0.272 e. The maximum atomic E-state index is 13.5. The number of furan rings is 1. The molecule has 2 aliphatic heterocycles. The second-order valence-corrected chi connectivity index (χ2v) is 8.57. The Bertz CT molecular complexity index is 1110. The zero-order valence-corrected chi connectivity index (χ0v) is 17.2. The molecule has 2 saturated heterocycles. The summed E-state index contributed by atoms with van der Waals surface area (Å²) >= 11 is 0. The van der Waals surface area contributed by atoms with Gasteiger partial charge in [-0.25, -0.2) is 0 Å². The first kappa shape index (κ1) is 19.8. The van der Waals surface area contributed by atoms with Gasteiger partial charge in [0, 0.05) is 36.6 Å². The van der Waals surface area contributed by atoms with Gasteiger partial charge in [-0.3, -0.25) is 14.6 Å². The monoisotopic (exact) mass is 419 g/mol.